The third kappa shape index (κ3) is 4.43. The largest absolute Gasteiger partial charge is 0.367 e. The first-order chi connectivity index (χ1) is 14.1. The zero-order valence-corrected chi connectivity index (χ0v) is 16.9. The van der Waals surface area contributed by atoms with Crippen molar-refractivity contribution in [3.8, 4) is 0 Å². The van der Waals surface area contributed by atoms with Gasteiger partial charge in [0.15, 0.2) is 5.78 Å². The molecule has 0 atom stereocenters. The van der Waals surface area contributed by atoms with Gasteiger partial charge in [0.05, 0.1) is 10.7 Å². The maximum atomic E-state index is 12.6. The quantitative estimate of drug-likeness (QED) is 0.571. The van der Waals surface area contributed by atoms with Crippen LogP contribution in [0, 0.1) is 0 Å². The van der Waals surface area contributed by atoms with E-state index in [4.69, 9.17) is 11.6 Å². The Balaban J connectivity index is 1.30. The summed E-state index contributed by atoms with van der Waals surface area (Å²) in [5.41, 5.74) is 1.67. The predicted octanol–water partition coefficient (Wildman–Crippen LogP) is 4.80. The molecule has 1 heterocycles. The zero-order valence-electron chi connectivity index (χ0n) is 16.2. The highest BCUT2D eigenvalue weighted by atomic mass is 35.5. The van der Waals surface area contributed by atoms with Crippen LogP contribution in [0.2, 0.25) is 5.02 Å². The van der Waals surface area contributed by atoms with Gasteiger partial charge in [-0.05, 0) is 29.0 Å². The van der Waals surface area contributed by atoms with Crippen molar-refractivity contribution in [2.45, 2.75) is 12.8 Å². The van der Waals surface area contributed by atoms with Gasteiger partial charge in [-0.1, -0.05) is 60.1 Å². The van der Waals surface area contributed by atoms with Gasteiger partial charge in [-0.25, -0.2) is 0 Å². The van der Waals surface area contributed by atoms with E-state index in [0.717, 1.165) is 34.6 Å². The number of piperazine rings is 1. The first kappa shape index (κ1) is 19.5. The van der Waals surface area contributed by atoms with Gasteiger partial charge in [-0.15, -0.1) is 0 Å². The van der Waals surface area contributed by atoms with Crippen molar-refractivity contribution >= 4 is 39.8 Å². The molecule has 0 bridgehead atoms. The minimum Gasteiger partial charge on any atom is -0.367 e. The van der Waals surface area contributed by atoms with Gasteiger partial charge < -0.3 is 9.80 Å². The van der Waals surface area contributed by atoms with Crippen LogP contribution >= 0.6 is 11.6 Å². The molecular formula is C24H23ClN2O2. The third-order valence-corrected chi connectivity index (χ3v) is 5.78. The van der Waals surface area contributed by atoms with Gasteiger partial charge in [0.1, 0.15) is 0 Å². The molecule has 0 N–H and O–H groups in total. The Morgan fingerprint density at radius 1 is 0.793 bits per heavy atom. The molecule has 1 fully saturated rings. The molecule has 0 spiro atoms. The molecule has 1 saturated heterocycles. The van der Waals surface area contributed by atoms with Crippen molar-refractivity contribution < 1.29 is 9.59 Å². The van der Waals surface area contributed by atoms with E-state index in [1.54, 1.807) is 0 Å². The smallest absolute Gasteiger partial charge is 0.223 e. The van der Waals surface area contributed by atoms with E-state index in [-0.39, 0.29) is 24.5 Å². The monoisotopic (exact) mass is 406 g/mol. The summed E-state index contributed by atoms with van der Waals surface area (Å²) in [5, 5.41) is 2.88. The molecule has 4 rings (SSSR count). The van der Waals surface area contributed by atoms with Gasteiger partial charge >= 0.3 is 0 Å². The topological polar surface area (TPSA) is 40.6 Å². The lowest BCUT2D eigenvalue weighted by atomic mass is 10.0. The molecule has 1 amide bonds. The summed E-state index contributed by atoms with van der Waals surface area (Å²) < 4.78 is 0. The van der Waals surface area contributed by atoms with Crippen LogP contribution in [0.15, 0.2) is 66.7 Å². The SMILES string of the molecule is O=C(CCC(=O)N1CCN(c2ccccc2Cl)CC1)c1ccc2ccccc2c1. The van der Waals surface area contributed by atoms with Crippen molar-refractivity contribution in [3.63, 3.8) is 0 Å². The Hall–Kier alpha value is -2.85. The Morgan fingerprint density at radius 2 is 1.48 bits per heavy atom. The van der Waals surface area contributed by atoms with E-state index in [1.807, 2.05) is 71.6 Å². The zero-order chi connectivity index (χ0) is 20.2. The van der Waals surface area contributed by atoms with Gasteiger partial charge in [0.25, 0.3) is 0 Å². The van der Waals surface area contributed by atoms with Crippen LogP contribution in [0.3, 0.4) is 0 Å². The highest BCUT2D eigenvalue weighted by molar-refractivity contribution is 6.33. The number of hydrogen-bond donors (Lipinski definition) is 0. The molecule has 0 aliphatic carbocycles. The number of carbonyl (C=O) groups is 2. The van der Waals surface area contributed by atoms with E-state index in [0.29, 0.717) is 18.7 Å². The second-order valence-electron chi connectivity index (χ2n) is 7.30. The third-order valence-electron chi connectivity index (χ3n) is 5.46. The number of ketones is 1. The van der Waals surface area contributed by atoms with E-state index < -0.39 is 0 Å². The van der Waals surface area contributed by atoms with Crippen molar-refractivity contribution in [2.24, 2.45) is 0 Å². The van der Waals surface area contributed by atoms with Crippen LogP contribution in [-0.4, -0.2) is 42.8 Å². The average Bonchev–Trinajstić information content (AvgIpc) is 2.77. The predicted molar refractivity (Wildman–Crippen MR) is 118 cm³/mol. The van der Waals surface area contributed by atoms with Crippen molar-refractivity contribution in [1.82, 2.24) is 4.90 Å². The summed E-state index contributed by atoms with van der Waals surface area (Å²) in [6, 6.07) is 21.4. The average molecular weight is 407 g/mol. The van der Waals surface area contributed by atoms with Crippen LogP contribution in [0.5, 0.6) is 0 Å². The fourth-order valence-electron chi connectivity index (χ4n) is 3.79. The minimum absolute atomic E-state index is 0.0128. The van der Waals surface area contributed by atoms with E-state index in [2.05, 4.69) is 4.90 Å². The maximum Gasteiger partial charge on any atom is 0.223 e. The second kappa shape index (κ2) is 8.66. The summed E-state index contributed by atoms with van der Waals surface area (Å²) in [6.45, 7) is 2.78. The molecule has 29 heavy (non-hydrogen) atoms. The summed E-state index contributed by atoms with van der Waals surface area (Å²) in [7, 11) is 0. The highest BCUT2D eigenvalue weighted by Crippen LogP contribution is 2.26. The van der Waals surface area contributed by atoms with Crippen molar-refractivity contribution in [1.29, 1.82) is 0 Å². The lowest BCUT2D eigenvalue weighted by Crippen LogP contribution is -2.48. The molecule has 1 aliphatic heterocycles. The molecule has 0 saturated carbocycles. The first-order valence-corrected chi connectivity index (χ1v) is 10.3. The number of fused-ring (bicyclic) bond motifs is 1. The maximum absolute atomic E-state index is 12.6. The molecule has 148 valence electrons. The van der Waals surface area contributed by atoms with Crippen molar-refractivity contribution in [2.75, 3.05) is 31.1 Å². The van der Waals surface area contributed by atoms with E-state index in [9.17, 15) is 9.59 Å². The second-order valence-corrected chi connectivity index (χ2v) is 7.71. The van der Waals surface area contributed by atoms with E-state index in [1.165, 1.54) is 0 Å². The first-order valence-electron chi connectivity index (χ1n) is 9.91. The molecule has 3 aromatic rings. The molecule has 5 heteroatoms. The number of benzene rings is 3. The van der Waals surface area contributed by atoms with Gasteiger partial charge in [-0.2, -0.15) is 0 Å². The Bertz CT molecular complexity index is 1040. The molecule has 0 radical (unpaired) electrons. The molecule has 0 aromatic heterocycles. The Labute approximate surface area is 175 Å². The normalized spacial score (nSPS) is 14.2. The van der Waals surface area contributed by atoms with Crippen molar-refractivity contribution in [3.05, 3.63) is 77.3 Å². The number of para-hydroxylation sites is 1. The Morgan fingerprint density at radius 3 is 2.24 bits per heavy atom. The van der Waals surface area contributed by atoms with Crippen LogP contribution in [-0.2, 0) is 4.79 Å². The van der Waals surface area contributed by atoms with Crippen LogP contribution in [0.25, 0.3) is 10.8 Å². The number of anilines is 1. The fraction of sp³-hybridized carbons (Fsp3) is 0.250. The van der Waals surface area contributed by atoms with Crippen LogP contribution in [0.1, 0.15) is 23.2 Å². The number of nitrogens with zero attached hydrogens (tertiary/aromatic N) is 2. The van der Waals surface area contributed by atoms with Crippen LogP contribution < -0.4 is 4.90 Å². The molecule has 3 aromatic carbocycles. The number of rotatable bonds is 5. The van der Waals surface area contributed by atoms with E-state index >= 15 is 0 Å². The summed E-state index contributed by atoms with van der Waals surface area (Å²) in [5.74, 6) is 0.0526. The van der Waals surface area contributed by atoms with Crippen LogP contribution in [0.4, 0.5) is 5.69 Å². The van der Waals surface area contributed by atoms with Gasteiger partial charge in [-0.3, -0.25) is 9.59 Å². The lowest BCUT2D eigenvalue weighted by molar-refractivity contribution is -0.131. The minimum atomic E-state index is 0.0128. The van der Waals surface area contributed by atoms with Gasteiger partial charge in [0.2, 0.25) is 5.91 Å². The highest BCUT2D eigenvalue weighted by Gasteiger charge is 2.22. The Kier molecular flexibility index (Phi) is 5.81. The fourth-order valence-corrected chi connectivity index (χ4v) is 4.05. The number of Topliss-reactive ketones (excluding diaryl/α,β-unsaturated/α-hetero) is 1. The molecule has 1 aliphatic rings. The lowest BCUT2D eigenvalue weighted by Gasteiger charge is -2.36. The summed E-state index contributed by atoms with van der Waals surface area (Å²) >= 11 is 6.28. The standard InChI is InChI=1S/C24H23ClN2O2/c25-21-7-3-4-8-22(21)26-13-15-27(16-14-26)24(29)12-11-23(28)20-10-9-18-5-1-2-6-19(18)17-20/h1-10,17H,11-16H2. The number of halogens is 1. The number of carbonyl (C=O) groups excluding carboxylic acids is 2. The molecular weight excluding hydrogens is 384 g/mol. The summed E-state index contributed by atoms with van der Waals surface area (Å²) in [6.07, 6.45) is 0.486. The van der Waals surface area contributed by atoms with Gasteiger partial charge in [0, 0.05) is 44.6 Å². The molecule has 4 nitrogen and oxygen atoms in total. The molecule has 0 unspecified atom stereocenters. The summed E-state index contributed by atoms with van der Waals surface area (Å²) in [4.78, 5) is 29.2. The number of hydrogen-bond acceptors (Lipinski definition) is 3. The number of amides is 1.